The van der Waals surface area contributed by atoms with Crippen LogP contribution in [0.3, 0.4) is 0 Å². The topological polar surface area (TPSA) is 94.7 Å². The number of methoxy groups -OCH3 is 1. The predicted octanol–water partition coefficient (Wildman–Crippen LogP) is 0.394. The van der Waals surface area contributed by atoms with E-state index in [2.05, 4.69) is 0 Å². The minimum Gasteiger partial charge on any atom is -0.468 e. The molecule has 1 aliphatic heterocycles. The third-order valence-corrected chi connectivity index (χ3v) is 3.66. The minimum atomic E-state index is -0.689. The van der Waals surface area contributed by atoms with Crippen molar-refractivity contribution in [1.82, 2.24) is 9.47 Å². The number of rotatable bonds is 5. The maximum Gasteiger partial charge on any atom is 0.334 e. The second kappa shape index (κ2) is 6.49. The zero-order valence-electron chi connectivity index (χ0n) is 11.7. The Kier molecular flexibility index (Phi) is 4.69. The number of hydrogen-bond acceptors (Lipinski definition) is 6. The average Bonchev–Trinajstić information content (AvgIpc) is 2.93. The molecule has 0 amide bonds. The lowest BCUT2D eigenvalue weighted by molar-refractivity contribution is -0.386. The molecular weight excluding hydrogens is 278 g/mol. The molecule has 1 atom stereocenters. The molecule has 1 fully saturated rings. The smallest absolute Gasteiger partial charge is 0.334 e. The van der Waals surface area contributed by atoms with E-state index in [9.17, 15) is 19.7 Å². The Bertz CT molecular complexity index is 598. The summed E-state index contributed by atoms with van der Waals surface area (Å²) in [6.07, 6.45) is 3.14. The molecule has 0 radical (unpaired) electrons. The molecular formula is C13H17N3O5. The SMILES string of the molecule is COC(=O)[C@H]1CCCN1CCn1cccc([N+](=O)[O-])c1=O. The van der Waals surface area contributed by atoms with Crippen molar-refractivity contribution in [3.8, 4) is 0 Å². The molecule has 1 aliphatic rings. The average molecular weight is 295 g/mol. The molecule has 0 aliphatic carbocycles. The highest BCUT2D eigenvalue weighted by atomic mass is 16.6. The molecule has 0 spiro atoms. The van der Waals surface area contributed by atoms with Crippen molar-refractivity contribution in [3.05, 3.63) is 38.8 Å². The first kappa shape index (κ1) is 15.2. The first-order valence-electron chi connectivity index (χ1n) is 6.70. The van der Waals surface area contributed by atoms with Gasteiger partial charge >= 0.3 is 17.2 Å². The van der Waals surface area contributed by atoms with Crippen molar-refractivity contribution >= 4 is 11.7 Å². The highest BCUT2D eigenvalue weighted by molar-refractivity contribution is 5.75. The third kappa shape index (κ3) is 3.27. The van der Waals surface area contributed by atoms with Crippen LogP contribution in [0.5, 0.6) is 0 Å². The summed E-state index contributed by atoms with van der Waals surface area (Å²) in [6.45, 7) is 1.53. The zero-order valence-corrected chi connectivity index (χ0v) is 11.7. The summed E-state index contributed by atoms with van der Waals surface area (Å²) < 4.78 is 6.05. The quantitative estimate of drug-likeness (QED) is 0.443. The molecule has 0 bridgehead atoms. The van der Waals surface area contributed by atoms with Gasteiger partial charge in [0.1, 0.15) is 6.04 Å². The van der Waals surface area contributed by atoms with Gasteiger partial charge in [-0.3, -0.25) is 24.6 Å². The predicted molar refractivity (Wildman–Crippen MR) is 74.0 cm³/mol. The Morgan fingerprint density at radius 2 is 2.29 bits per heavy atom. The number of pyridine rings is 1. The van der Waals surface area contributed by atoms with E-state index < -0.39 is 16.2 Å². The fraction of sp³-hybridized carbons (Fsp3) is 0.538. The van der Waals surface area contributed by atoms with Crippen LogP contribution in [0.4, 0.5) is 5.69 Å². The standard InChI is InChI=1S/C13H17N3O5/c1-21-13(18)11-5-3-6-14(11)8-9-15-7-2-4-10(12(15)17)16(19)20/h2,4,7,11H,3,5-6,8-9H2,1H3/t11-/m1/s1. The van der Waals surface area contributed by atoms with Gasteiger partial charge < -0.3 is 9.30 Å². The number of esters is 1. The van der Waals surface area contributed by atoms with E-state index >= 15 is 0 Å². The van der Waals surface area contributed by atoms with Gasteiger partial charge in [-0.2, -0.15) is 0 Å². The Labute approximate surface area is 121 Å². The Morgan fingerprint density at radius 1 is 1.52 bits per heavy atom. The van der Waals surface area contributed by atoms with Gasteiger partial charge in [0, 0.05) is 25.4 Å². The molecule has 8 heteroatoms. The summed E-state index contributed by atoms with van der Waals surface area (Å²) in [4.78, 5) is 35.5. The maximum atomic E-state index is 11.9. The molecule has 0 saturated carbocycles. The van der Waals surface area contributed by atoms with E-state index in [1.807, 2.05) is 4.90 Å². The summed E-state index contributed by atoms with van der Waals surface area (Å²) in [5.74, 6) is -0.279. The summed E-state index contributed by atoms with van der Waals surface area (Å²) in [7, 11) is 1.35. The van der Waals surface area contributed by atoms with Crippen molar-refractivity contribution in [2.24, 2.45) is 0 Å². The van der Waals surface area contributed by atoms with E-state index in [0.717, 1.165) is 19.4 Å². The summed E-state index contributed by atoms with van der Waals surface area (Å²) in [5.41, 5.74) is -1.07. The molecule has 8 nitrogen and oxygen atoms in total. The largest absolute Gasteiger partial charge is 0.468 e. The van der Waals surface area contributed by atoms with Crippen molar-refractivity contribution in [2.75, 3.05) is 20.2 Å². The normalized spacial score (nSPS) is 18.6. The van der Waals surface area contributed by atoms with Crippen LogP contribution in [0.25, 0.3) is 0 Å². The van der Waals surface area contributed by atoms with Crippen molar-refractivity contribution in [1.29, 1.82) is 0 Å². The third-order valence-electron chi connectivity index (χ3n) is 3.66. The Balaban J connectivity index is 2.07. The Hall–Kier alpha value is -2.22. The molecule has 2 heterocycles. The van der Waals surface area contributed by atoms with Gasteiger partial charge in [-0.25, -0.2) is 0 Å². The number of hydrogen-bond donors (Lipinski definition) is 0. The fourth-order valence-corrected chi connectivity index (χ4v) is 2.57. The van der Waals surface area contributed by atoms with Gasteiger partial charge in [0.15, 0.2) is 0 Å². The molecule has 1 aromatic rings. The first-order valence-corrected chi connectivity index (χ1v) is 6.70. The summed E-state index contributed by atoms with van der Waals surface area (Å²) in [5, 5.41) is 10.7. The Morgan fingerprint density at radius 3 is 2.95 bits per heavy atom. The second-order valence-electron chi connectivity index (χ2n) is 4.87. The van der Waals surface area contributed by atoms with Gasteiger partial charge in [0.05, 0.1) is 12.0 Å². The van der Waals surface area contributed by atoms with Crippen LogP contribution in [0.15, 0.2) is 23.1 Å². The van der Waals surface area contributed by atoms with E-state index in [4.69, 9.17) is 4.74 Å². The van der Waals surface area contributed by atoms with Crippen LogP contribution in [0.2, 0.25) is 0 Å². The van der Waals surface area contributed by atoms with Crippen LogP contribution in [0.1, 0.15) is 12.8 Å². The monoisotopic (exact) mass is 295 g/mol. The minimum absolute atomic E-state index is 0.279. The van der Waals surface area contributed by atoms with E-state index in [-0.39, 0.29) is 12.0 Å². The van der Waals surface area contributed by atoms with Crippen LogP contribution in [0, 0.1) is 10.1 Å². The van der Waals surface area contributed by atoms with Gasteiger partial charge in [0.2, 0.25) is 0 Å². The fourth-order valence-electron chi connectivity index (χ4n) is 2.57. The van der Waals surface area contributed by atoms with Gasteiger partial charge in [-0.1, -0.05) is 0 Å². The number of aromatic nitrogens is 1. The number of nitrogens with zero attached hydrogens (tertiary/aromatic N) is 3. The van der Waals surface area contributed by atoms with Crippen LogP contribution in [-0.2, 0) is 16.1 Å². The maximum absolute atomic E-state index is 11.9. The summed E-state index contributed by atoms with van der Waals surface area (Å²) in [6, 6.07) is 2.37. The van der Waals surface area contributed by atoms with Crippen LogP contribution >= 0.6 is 0 Å². The molecule has 0 aromatic carbocycles. The number of nitro groups is 1. The number of likely N-dealkylation sites (tertiary alicyclic amines) is 1. The van der Waals surface area contributed by atoms with Gasteiger partial charge in [-0.15, -0.1) is 0 Å². The van der Waals surface area contributed by atoms with E-state index in [0.29, 0.717) is 13.1 Å². The highest BCUT2D eigenvalue weighted by Crippen LogP contribution is 2.18. The second-order valence-corrected chi connectivity index (χ2v) is 4.87. The van der Waals surface area contributed by atoms with Crippen molar-refractivity contribution < 1.29 is 14.5 Å². The number of ether oxygens (including phenoxy) is 1. The number of carbonyl (C=O) groups excluding carboxylic acids is 1. The summed E-state index contributed by atoms with van der Waals surface area (Å²) >= 11 is 0. The lowest BCUT2D eigenvalue weighted by Crippen LogP contribution is -2.39. The van der Waals surface area contributed by atoms with Crippen LogP contribution in [-0.4, -0.2) is 46.6 Å². The van der Waals surface area contributed by atoms with E-state index in [1.54, 1.807) is 0 Å². The molecule has 114 valence electrons. The number of carbonyl (C=O) groups is 1. The molecule has 0 N–H and O–H groups in total. The highest BCUT2D eigenvalue weighted by Gasteiger charge is 2.31. The van der Waals surface area contributed by atoms with Crippen LogP contribution < -0.4 is 5.56 Å². The molecule has 2 rings (SSSR count). The van der Waals surface area contributed by atoms with Crippen molar-refractivity contribution in [2.45, 2.75) is 25.4 Å². The lowest BCUT2D eigenvalue weighted by Gasteiger charge is -2.22. The molecule has 21 heavy (non-hydrogen) atoms. The van der Waals surface area contributed by atoms with E-state index in [1.165, 1.54) is 30.0 Å². The molecule has 0 unspecified atom stereocenters. The van der Waals surface area contributed by atoms with Crippen molar-refractivity contribution in [3.63, 3.8) is 0 Å². The zero-order chi connectivity index (χ0) is 15.4. The first-order chi connectivity index (χ1) is 10.0. The van der Waals surface area contributed by atoms with Gasteiger partial charge in [-0.05, 0) is 25.5 Å². The van der Waals surface area contributed by atoms with Gasteiger partial charge in [0.25, 0.3) is 0 Å². The molecule has 1 saturated heterocycles. The lowest BCUT2D eigenvalue weighted by atomic mass is 10.2. The molecule has 1 aromatic heterocycles.